The lowest BCUT2D eigenvalue weighted by Crippen LogP contribution is -2.33. The van der Waals surface area contributed by atoms with Gasteiger partial charge in [-0.3, -0.25) is 0 Å². The van der Waals surface area contributed by atoms with Crippen molar-refractivity contribution in [1.82, 2.24) is 0 Å². The fourth-order valence-corrected chi connectivity index (χ4v) is 7.70. The monoisotopic (exact) mass is 549 g/mol. The first-order chi connectivity index (χ1) is 18.8. The molecule has 1 saturated carbocycles. The van der Waals surface area contributed by atoms with Gasteiger partial charge in [0.15, 0.2) is 0 Å². The Balaban J connectivity index is 1.63. The zero-order valence-corrected chi connectivity index (χ0v) is 28.7. The quantitative estimate of drug-likeness (QED) is 0.178. The summed E-state index contributed by atoms with van der Waals surface area (Å²) in [4.78, 5) is 0. The van der Waals surface area contributed by atoms with E-state index >= 15 is 0 Å². The van der Waals surface area contributed by atoms with E-state index in [0.717, 1.165) is 36.5 Å². The smallest absolute Gasteiger partial charge is 0.0104 e. The summed E-state index contributed by atoms with van der Waals surface area (Å²) in [7, 11) is 0. The van der Waals surface area contributed by atoms with Gasteiger partial charge in [-0.25, -0.2) is 0 Å². The van der Waals surface area contributed by atoms with Gasteiger partial charge in [0.25, 0.3) is 0 Å². The average Bonchev–Trinajstić information content (AvgIpc) is 2.85. The SMILES string of the molecule is CC1=C(/C=C/C(C)=C/CC/C(C)=C\C=C\CC(C)CCCC(C)CC[C@H]2[C@@H](C)CCCC2(C)C)C(C)(C)CCC1. The van der Waals surface area contributed by atoms with Crippen LogP contribution in [-0.2, 0) is 0 Å². The summed E-state index contributed by atoms with van der Waals surface area (Å²) >= 11 is 0. The van der Waals surface area contributed by atoms with Crippen LogP contribution in [0.4, 0.5) is 0 Å². The Kier molecular flexibility index (Phi) is 14.8. The Morgan fingerprint density at radius 2 is 1.70 bits per heavy atom. The second kappa shape index (κ2) is 17.0. The number of allylic oxidation sites excluding steroid dienone is 10. The maximum atomic E-state index is 2.53. The lowest BCUT2D eigenvalue weighted by atomic mass is 9.62. The Bertz CT molecular complexity index is 898. The number of rotatable bonds is 15. The molecule has 0 saturated heterocycles. The normalized spacial score (nSPS) is 25.6. The highest BCUT2D eigenvalue weighted by molar-refractivity contribution is 5.36. The fourth-order valence-electron chi connectivity index (χ4n) is 7.70. The molecule has 0 spiro atoms. The van der Waals surface area contributed by atoms with Gasteiger partial charge < -0.3 is 0 Å². The molecule has 40 heavy (non-hydrogen) atoms. The molecule has 2 aliphatic rings. The summed E-state index contributed by atoms with van der Waals surface area (Å²) in [6, 6.07) is 0. The Morgan fingerprint density at radius 3 is 2.40 bits per heavy atom. The van der Waals surface area contributed by atoms with E-state index < -0.39 is 0 Å². The fraction of sp³-hybridized carbons (Fsp3) is 0.750. The van der Waals surface area contributed by atoms with Gasteiger partial charge in [0.05, 0.1) is 0 Å². The van der Waals surface area contributed by atoms with Crippen molar-refractivity contribution < 1.29 is 0 Å². The molecule has 2 unspecified atom stereocenters. The van der Waals surface area contributed by atoms with Gasteiger partial charge in [0, 0.05) is 0 Å². The largest absolute Gasteiger partial charge is 0.0843 e. The van der Waals surface area contributed by atoms with E-state index in [9.17, 15) is 0 Å². The molecule has 0 bridgehead atoms. The van der Waals surface area contributed by atoms with Crippen molar-refractivity contribution in [3.8, 4) is 0 Å². The van der Waals surface area contributed by atoms with Gasteiger partial charge in [-0.2, -0.15) is 0 Å². The summed E-state index contributed by atoms with van der Waals surface area (Å²) in [5.74, 6) is 3.53. The van der Waals surface area contributed by atoms with Crippen LogP contribution < -0.4 is 0 Å². The predicted molar refractivity (Wildman–Crippen MR) is 182 cm³/mol. The van der Waals surface area contributed by atoms with Crippen LogP contribution in [0.1, 0.15) is 159 Å². The summed E-state index contributed by atoms with van der Waals surface area (Å²) in [6.45, 7) is 24.2. The van der Waals surface area contributed by atoms with Gasteiger partial charge >= 0.3 is 0 Å². The molecule has 228 valence electrons. The molecule has 0 heterocycles. The second-order valence-corrected chi connectivity index (χ2v) is 15.6. The first-order valence-corrected chi connectivity index (χ1v) is 17.2. The van der Waals surface area contributed by atoms with Crippen molar-refractivity contribution in [1.29, 1.82) is 0 Å². The number of hydrogen-bond acceptors (Lipinski definition) is 0. The molecule has 1 fully saturated rings. The third kappa shape index (κ3) is 12.3. The predicted octanol–water partition coefficient (Wildman–Crippen LogP) is 13.4. The maximum absolute atomic E-state index is 2.53. The van der Waals surface area contributed by atoms with Crippen LogP contribution >= 0.6 is 0 Å². The van der Waals surface area contributed by atoms with Gasteiger partial charge in [0.1, 0.15) is 0 Å². The van der Waals surface area contributed by atoms with Crippen LogP contribution in [0.15, 0.2) is 58.7 Å². The van der Waals surface area contributed by atoms with Crippen molar-refractivity contribution in [2.24, 2.45) is 34.5 Å². The zero-order chi connectivity index (χ0) is 29.8. The first kappa shape index (κ1) is 34.9. The van der Waals surface area contributed by atoms with Crippen LogP contribution in [0, 0.1) is 34.5 Å². The molecule has 2 rings (SSSR count). The van der Waals surface area contributed by atoms with Gasteiger partial charge in [-0.15, -0.1) is 0 Å². The van der Waals surface area contributed by atoms with E-state index in [1.165, 1.54) is 88.2 Å². The highest BCUT2D eigenvalue weighted by Crippen LogP contribution is 2.46. The average molecular weight is 549 g/mol. The molecule has 0 N–H and O–H groups in total. The summed E-state index contributed by atoms with van der Waals surface area (Å²) in [6.07, 6.45) is 32.9. The summed E-state index contributed by atoms with van der Waals surface area (Å²) < 4.78 is 0. The van der Waals surface area contributed by atoms with Gasteiger partial charge in [-0.1, -0.05) is 140 Å². The van der Waals surface area contributed by atoms with Crippen LogP contribution in [0.3, 0.4) is 0 Å². The lowest BCUT2D eigenvalue weighted by molar-refractivity contribution is 0.0706. The lowest BCUT2D eigenvalue weighted by Gasteiger charge is -2.43. The van der Waals surface area contributed by atoms with Crippen LogP contribution in [-0.4, -0.2) is 0 Å². The van der Waals surface area contributed by atoms with Crippen molar-refractivity contribution in [3.05, 3.63) is 58.7 Å². The van der Waals surface area contributed by atoms with Crippen molar-refractivity contribution in [2.45, 2.75) is 159 Å². The maximum Gasteiger partial charge on any atom is -0.0104 e. The molecule has 0 radical (unpaired) electrons. The van der Waals surface area contributed by atoms with Crippen molar-refractivity contribution in [3.63, 3.8) is 0 Å². The van der Waals surface area contributed by atoms with E-state index in [4.69, 9.17) is 0 Å². The molecule has 0 aromatic rings. The Labute approximate surface area is 252 Å². The van der Waals surface area contributed by atoms with E-state index in [1.807, 2.05) is 0 Å². The minimum absolute atomic E-state index is 0.325. The third-order valence-corrected chi connectivity index (χ3v) is 10.7. The van der Waals surface area contributed by atoms with E-state index in [0.29, 0.717) is 10.8 Å². The topological polar surface area (TPSA) is 0 Å². The highest BCUT2D eigenvalue weighted by Gasteiger charge is 2.36. The van der Waals surface area contributed by atoms with Crippen LogP contribution in [0.2, 0.25) is 0 Å². The molecule has 0 aromatic heterocycles. The summed E-state index contributed by atoms with van der Waals surface area (Å²) in [5, 5.41) is 0. The van der Waals surface area contributed by atoms with E-state index in [1.54, 1.807) is 11.1 Å². The molecule has 2 aliphatic carbocycles. The summed E-state index contributed by atoms with van der Waals surface area (Å²) in [5.41, 5.74) is 6.89. The minimum atomic E-state index is 0.325. The molecular weight excluding hydrogens is 480 g/mol. The van der Waals surface area contributed by atoms with Crippen molar-refractivity contribution >= 4 is 0 Å². The molecule has 0 aromatic carbocycles. The van der Waals surface area contributed by atoms with Crippen LogP contribution in [0.25, 0.3) is 0 Å². The van der Waals surface area contributed by atoms with Gasteiger partial charge in [0.2, 0.25) is 0 Å². The first-order valence-electron chi connectivity index (χ1n) is 17.2. The Hall–Kier alpha value is -1.30. The standard InChI is InChI=1S/C40H68/c1-31(19-13-21-33(3)25-27-37-35(5)23-15-29-39(37,7)8)17-11-12-18-32(2)20-14-22-34(4)26-28-38-36(6)24-16-30-40(38,9)10/h11-12,17,21,25,27,32,34,36,38H,13-16,18-20,22-24,26,28-30H2,1-10H3/b12-11+,27-25+,31-17-,33-21+/t32?,34?,36-,38-/m0/s1. The highest BCUT2D eigenvalue weighted by atomic mass is 14.4. The number of hydrogen-bond donors (Lipinski definition) is 0. The molecule has 0 aliphatic heterocycles. The molecule has 0 amide bonds. The minimum Gasteiger partial charge on any atom is -0.0843 e. The molecule has 0 nitrogen and oxygen atoms in total. The second-order valence-electron chi connectivity index (χ2n) is 15.6. The molecular formula is C40H68. The van der Waals surface area contributed by atoms with Gasteiger partial charge in [-0.05, 0) is 112 Å². The molecule has 0 heteroatoms. The van der Waals surface area contributed by atoms with E-state index in [2.05, 4.69) is 106 Å². The van der Waals surface area contributed by atoms with E-state index in [-0.39, 0.29) is 0 Å². The third-order valence-electron chi connectivity index (χ3n) is 10.7. The van der Waals surface area contributed by atoms with Crippen LogP contribution in [0.5, 0.6) is 0 Å². The zero-order valence-electron chi connectivity index (χ0n) is 28.7. The van der Waals surface area contributed by atoms with Crippen molar-refractivity contribution in [2.75, 3.05) is 0 Å². The molecule has 4 atom stereocenters. The Morgan fingerprint density at radius 1 is 0.975 bits per heavy atom.